The van der Waals surface area contributed by atoms with Crippen molar-refractivity contribution in [3.8, 4) is 0 Å². The molecule has 0 aromatic rings. The lowest BCUT2D eigenvalue weighted by Gasteiger charge is -2.26. The lowest BCUT2D eigenvalue weighted by molar-refractivity contribution is 0.143. The largest absolute Gasteiger partial charge is 0.465 e. The smallest absolute Gasteiger partial charge is 0.407 e. The molecule has 0 aromatic carbocycles. The van der Waals surface area contributed by atoms with Crippen LogP contribution in [0.25, 0.3) is 0 Å². The Balaban J connectivity index is 2.66. The molecule has 4 nitrogen and oxygen atoms in total. The van der Waals surface area contributed by atoms with Gasteiger partial charge in [0.05, 0.1) is 6.61 Å². The van der Waals surface area contributed by atoms with Gasteiger partial charge in [0, 0.05) is 18.1 Å². The van der Waals surface area contributed by atoms with E-state index >= 15 is 0 Å². The van der Waals surface area contributed by atoms with E-state index in [-0.39, 0.29) is 6.61 Å². The zero-order chi connectivity index (χ0) is 9.84. The van der Waals surface area contributed by atoms with Crippen LogP contribution in [-0.2, 0) is 0 Å². The van der Waals surface area contributed by atoms with Gasteiger partial charge in [-0.25, -0.2) is 4.79 Å². The van der Waals surface area contributed by atoms with Gasteiger partial charge in [-0.1, -0.05) is 11.6 Å². The Morgan fingerprint density at radius 2 is 2.31 bits per heavy atom. The number of piperidine rings is 1. The van der Waals surface area contributed by atoms with Gasteiger partial charge >= 0.3 is 6.09 Å². The van der Waals surface area contributed by atoms with Gasteiger partial charge in [-0.05, 0) is 18.4 Å². The second-order valence-corrected chi connectivity index (χ2v) is 3.43. The predicted octanol–water partition coefficient (Wildman–Crippen LogP) is 1.25. The minimum atomic E-state index is -0.931. The molecule has 1 amide bonds. The Bertz CT molecular complexity index is 240. The molecular formula is C8H12ClNO3. The topological polar surface area (TPSA) is 60.8 Å². The third kappa shape index (κ3) is 2.60. The van der Waals surface area contributed by atoms with Crippen molar-refractivity contribution in [2.24, 2.45) is 0 Å². The van der Waals surface area contributed by atoms with Crippen LogP contribution in [0.5, 0.6) is 0 Å². The molecule has 1 aliphatic heterocycles. The number of halogens is 1. The highest BCUT2D eigenvalue weighted by Gasteiger charge is 2.19. The first kappa shape index (κ1) is 10.3. The predicted molar refractivity (Wildman–Crippen MR) is 48.8 cm³/mol. The average Bonchev–Trinajstić information content (AvgIpc) is 2.17. The maximum Gasteiger partial charge on any atom is 0.407 e. The molecule has 13 heavy (non-hydrogen) atoms. The fourth-order valence-electron chi connectivity index (χ4n) is 1.37. The van der Waals surface area contributed by atoms with E-state index in [1.54, 1.807) is 0 Å². The molecule has 0 aromatic heterocycles. The van der Waals surface area contributed by atoms with Crippen molar-refractivity contribution in [2.45, 2.75) is 12.8 Å². The monoisotopic (exact) mass is 205 g/mol. The van der Waals surface area contributed by atoms with E-state index in [2.05, 4.69) is 0 Å². The maximum absolute atomic E-state index is 10.6. The zero-order valence-corrected chi connectivity index (χ0v) is 7.92. The van der Waals surface area contributed by atoms with Crippen LogP contribution in [0.1, 0.15) is 12.8 Å². The van der Waals surface area contributed by atoms with Crippen molar-refractivity contribution in [3.05, 3.63) is 10.6 Å². The average molecular weight is 206 g/mol. The van der Waals surface area contributed by atoms with Gasteiger partial charge in [-0.3, -0.25) is 0 Å². The fourth-order valence-corrected chi connectivity index (χ4v) is 1.52. The third-order valence-corrected chi connectivity index (χ3v) is 2.47. The summed E-state index contributed by atoms with van der Waals surface area (Å²) in [6.45, 7) is 0.674. The molecule has 0 saturated carbocycles. The number of aliphatic hydroxyl groups is 1. The molecule has 0 aliphatic carbocycles. The molecule has 1 saturated heterocycles. The van der Waals surface area contributed by atoms with Crippen LogP contribution < -0.4 is 0 Å². The lowest BCUT2D eigenvalue weighted by atomic mass is 10.1. The second-order valence-electron chi connectivity index (χ2n) is 2.97. The first-order valence-corrected chi connectivity index (χ1v) is 4.48. The number of carbonyl (C=O) groups is 1. The minimum absolute atomic E-state index is 0.204. The molecule has 1 heterocycles. The van der Waals surface area contributed by atoms with Gasteiger partial charge in [0.15, 0.2) is 0 Å². The Morgan fingerprint density at radius 3 is 2.85 bits per heavy atom. The van der Waals surface area contributed by atoms with Crippen molar-refractivity contribution in [1.29, 1.82) is 0 Å². The van der Waals surface area contributed by atoms with Crippen LogP contribution in [0.3, 0.4) is 0 Å². The highest BCUT2D eigenvalue weighted by atomic mass is 35.5. The summed E-state index contributed by atoms with van der Waals surface area (Å²) in [5.74, 6) is 0. The number of aliphatic hydroxyl groups excluding tert-OH is 1. The van der Waals surface area contributed by atoms with Crippen molar-refractivity contribution in [3.63, 3.8) is 0 Å². The van der Waals surface area contributed by atoms with E-state index in [0.29, 0.717) is 18.1 Å². The molecular weight excluding hydrogens is 194 g/mol. The summed E-state index contributed by atoms with van der Waals surface area (Å²) in [5.41, 5.74) is 0.831. The number of hydrogen-bond donors (Lipinski definition) is 2. The SMILES string of the molecule is O=C(O)N1CCCC(=C(Cl)CO)C1. The van der Waals surface area contributed by atoms with E-state index in [4.69, 9.17) is 21.8 Å². The van der Waals surface area contributed by atoms with Gasteiger partial charge in [0.25, 0.3) is 0 Å². The molecule has 0 spiro atoms. The number of likely N-dealkylation sites (tertiary alicyclic amines) is 1. The summed E-state index contributed by atoms with van der Waals surface area (Å²) in [4.78, 5) is 11.9. The van der Waals surface area contributed by atoms with E-state index in [1.807, 2.05) is 0 Å². The summed E-state index contributed by atoms with van der Waals surface area (Å²) in [5, 5.41) is 17.8. The van der Waals surface area contributed by atoms with Crippen molar-refractivity contribution in [1.82, 2.24) is 4.90 Å². The lowest BCUT2D eigenvalue weighted by Crippen LogP contribution is -2.35. The van der Waals surface area contributed by atoms with Crippen LogP contribution in [-0.4, -0.2) is 40.9 Å². The van der Waals surface area contributed by atoms with Crippen LogP contribution in [0.4, 0.5) is 4.79 Å². The zero-order valence-electron chi connectivity index (χ0n) is 7.16. The maximum atomic E-state index is 10.6. The first-order chi connectivity index (χ1) is 6.15. The number of amides is 1. The summed E-state index contributed by atoms with van der Waals surface area (Å²) in [6, 6.07) is 0. The third-order valence-electron chi connectivity index (χ3n) is 2.08. The fraction of sp³-hybridized carbons (Fsp3) is 0.625. The molecule has 2 N–H and O–H groups in total. The summed E-state index contributed by atoms with van der Waals surface area (Å²) >= 11 is 5.72. The first-order valence-electron chi connectivity index (χ1n) is 4.10. The number of rotatable bonds is 1. The number of hydrogen-bond acceptors (Lipinski definition) is 2. The molecule has 1 rings (SSSR count). The van der Waals surface area contributed by atoms with Gasteiger partial charge in [-0.15, -0.1) is 0 Å². The van der Waals surface area contributed by atoms with Crippen LogP contribution in [0.15, 0.2) is 10.6 Å². The number of nitrogens with zero attached hydrogens (tertiary/aromatic N) is 1. The van der Waals surface area contributed by atoms with Gasteiger partial charge in [-0.2, -0.15) is 0 Å². The Hall–Kier alpha value is -0.740. The standard InChI is InChI=1S/C8H12ClNO3/c9-7(5-11)6-2-1-3-10(4-6)8(12)13/h11H,1-5H2,(H,12,13). The van der Waals surface area contributed by atoms with Crippen molar-refractivity contribution in [2.75, 3.05) is 19.7 Å². The molecule has 0 radical (unpaired) electrons. The Morgan fingerprint density at radius 1 is 1.62 bits per heavy atom. The van der Waals surface area contributed by atoms with Gasteiger partial charge < -0.3 is 15.1 Å². The van der Waals surface area contributed by atoms with Crippen molar-refractivity contribution >= 4 is 17.7 Å². The summed E-state index contributed by atoms with van der Waals surface area (Å²) < 4.78 is 0. The van der Waals surface area contributed by atoms with Gasteiger partial charge in [0.1, 0.15) is 0 Å². The van der Waals surface area contributed by atoms with E-state index < -0.39 is 6.09 Å². The molecule has 1 aliphatic rings. The summed E-state index contributed by atoms with van der Waals surface area (Å²) in [7, 11) is 0. The molecule has 0 bridgehead atoms. The van der Waals surface area contributed by atoms with E-state index in [0.717, 1.165) is 18.4 Å². The highest BCUT2D eigenvalue weighted by molar-refractivity contribution is 6.30. The Kier molecular flexibility index (Phi) is 3.57. The van der Waals surface area contributed by atoms with E-state index in [1.165, 1.54) is 4.90 Å². The Labute approximate surface area is 81.4 Å². The molecule has 0 unspecified atom stereocenters. The molecule has 0 atom stereocenters. The second kappa shape index (κ2) is 4.48. The van der Waals surface area contributed by atoms with Crippen molar-refractivity contribution < 1.29 is 15.0 Å². The van der Waals surface area contributed by atoms with Crippen LogP contribution in [0.2, 0.25) is 0 Å². The van der Waals surface area contributed by atoms with E-state index in [9.17, 15) is 4.79 Å². The normalized spacial score (nSPS) is 21.5. The quantitative estimate of drug-likeness (QED) is 0.677. The molecule has 5 heteroatoms. The van der Waals surface area contributed by atoms with Crippen LogP contribution >= 0.6 is 11.6 Å². The highest BCUT2D eigenvalue weighted by Crippen LogP contribution is 2.20. The van der Waals surface area contributed by atoms with Crippen LogP contribution in [0, 0.1) is 0 Å². The van der Waals surface area contributed by atoms with Gasteiger partial charge in [0.2, 0.25) is 0 Å². The minimum Gasteiger partial charge on any atom is -0.465 e. The number of carboxylic acid groups (broad SMARTS) is 1. The molecule has 1 fully saturated rings. The molecule has 74 valence electrons. The summed E-state index contributed by atoms with van der Waals surface area (Å²) in [6.07, 6.45) is 0.626.